The van der Waals surface area contributed by atoms with Gasteiger partial charge < -0.3 is 5.32 Å². The molecule has 0 aromatic heterocycles. The summed E-state index contributed by atoms with van der Waals surface area (Å²) in [5.74, 6) is -0.355. The average Bonchev–Trinajstić information content (AvgIpc) is 2.38. The lowest BCUT2D eigenvalue weighted by Gasteiger charge is -2.10. The Morgan fingerprint density at radius 3 is 2.30 bits per heavy atom. The topological polar surface area (TPSA) is 46.2 Å². The molecule has 4 heteroatoms. The minimum absolute atomic E-state index is 0.148. The van der Waals surface area contributed by atoms with E-state index in [0.717, 1.165) is 5.56 Å². The van der Waals surface area contributed by atoms with Gasteiger partial charge in [0.1, 0.15) is 0 Å². The molecule has 0 aliphatic carbocycles. The molecule has 2 aromatic carbocycles. The number of halogens is 1. The molecule has 0 unspecified atom stereocenters. The van der Waals surface area contributed by atoms with E-state index in [0.29, 0.717) is 21.8 Å². The third kappa shape index (κ3) is 3.25. The first kappa shape index (κ1) is 14.3. The number of carbonyl (C=O) groups is 2. The Bertz CT molecular complexity index is 663. The van der Waals surface area contributed by atoms with E-state index in [-0.39, 0.29) is 11.7 Å². The highest BCUT2D eigenvalue weighted by molar-refractivity contribution is 6.30. The number of amides is 1. The lowest BCUT2D eigenvalue weighted by atomic mass is 10.00. The van der Waals surface area contributed by atoms with Crippen LogP contribution in [-0.2, 0) is 4.79 Å². The number of ketones is 1. The molecule has 0 saturated heterocycles. The van der Waals surface area contributed by atoms with Crippen LogP contribution in [0.2, 0.25) is 5.02 Å². The summed E-state index contributed by atoms with van der Waals surface area (Å²) in [4.78, 5) is 23.7. The number of rotatable bonds is 3. The van der Waals surface area contributed by atoms with E-state index >= 15 is 0 Å². The summed E-state index contributed by atoms with van der Waals surface area (Å²) >= 11 is 5.81. The molecule has 0 spiro atoms. The molecular weight excluding hydrogens is 274 g/mol. The normalized spacial score (nSPS) is 10.2. The first-order chi connectivity index (χ1) is 9.47. The van der Waals surface area contributed by atoms with Crippen molar-refractivity contribution in [1.29, 1.82) is 0 Å². The van der Waals surface area contributed by atoms with Crippen LogP contribution in [0.15, 0.2) is 42.5 Å². The Labute approximate surface area is 122 Å². The zero-order valence-electron chi connectivity index (χ0n) is 11.2. The number of nitrogens with one attached hydrogen (secondary N) is 1. The van der Waals surface area contributed by atoms with Gasteiger partial charge in [0.05, 0.1) is 5.69 Å². The third-order valence-corrected chi connectivity index (χ3v) is 3.09. The zero-order valence-corrected chi connectivity index (χ0v) is 12.0. The van der Waals surface area contributed by atoms with Gasteiger partial charge in [0.15, 0.2) is 5.78 Å². The SMILES string of the molecule is CC(=O)Nc1cc(C)ccc1C(=O)c1ccc(Cl)cc1. The predicted octanol–water partition coefficient (Wildman–Crippen LogP) is 3.84. The molecule has 0 saturated carbocycles. The molecule has 20 heavy (non-hydrogen) atoms. The van der Waals surface area contributed by atoms with E-state index in [1.54, 1.807) is 36.4 Å². The standard InChI is InChI=1S/C16H14ClNO2/c1-10-3-8-14(15(9-10)18-11(2)19)16(20)12-4-6-13(17)7-5-12/h3-9H,1-2H3,(H,18,19). The van der Waals surface area contributed by atoms with Crippen LogP contribution in [0.25, 0.3) is 0 Å². The molecule has 0 atom stereocenters. The van der Waals surface area contributed by atoms with Gasteiger partial charge in [-0.1, -0.05) is 17.7 Å². The van der Waals surface area contributed by atoms with Gasteiger partial charge >= 0.3 is 0 Å². The van der Waals surface area contributed by atoms with Crippen LogP contribution in [0.3, 0.4) is 0 Å². The number of hydrogen-bond acceptors (Lipinski definition) is 2. The van der Waals surface area contributed by atoms with Crippen LogP contribution < -0.4 is 5.32 Å². The highest BCUT2D eigenvalue weighted by Crippen LogP contribution is 2.22. The van der Waals surface area contributed by atoms with Crippen molar-refractivity contribution in [1.82, 2.24) is 0 Å². The first-order valence-corrected chi connectivity index (χ1v) is 6.53. The summed E-state index contributed by atoms with van der Waals surface area (Å²) < 4.78 is 0. The second kappa shape index (κ2) is 5.88. The second-order valence-corrected chi connectivity index (χ2v) is 5.00. The predicted molar refractivity (Wildman–Crippen MR) is 80.4 cm³/mol. The maximum Gasteiger partial charge on any atom is 0.221 e. The summed E-state index contributed by atoms with van der Waals surface area (Å²) in [7, 11) is 0. The lowest BCUT2D eigenvalue weighted by molar-refractivity contribution is -0.114. The molecular formula is C16H14ClNO2. The monoisotopic (exact) mass is 287 g/mol. The fourth-order valence-corrected chi connectivity index (χ4v) is 2.03. The Morgan fingerprint density at radius 2 is 1.70 bits per heavy atom. The number of aryl methyl sites for hydroxylation is 1. The largest absolute Gasteiger partial charge is 0.326 e. The summed E-state index contributed by atoms with van der Waals surface area (Å²) in [5, 5.41) is 3.27. The quantitative estimate of drug-likeness (QED) is 0.872. The van der Waals surface area contributed by atoms with Gasteiger partial charge in [0.25, 0.3) is 0 Å². The smallest absolute Gasteiger partial charge is 0.221 e. The molecule has 0 heterocycles. The molecule has 0 bridgehead atoms. The van der Waals surface area contributed by atoms with Crippen molar-refractivity contribution >= 4 is 29.0 Å². The van der Waals surface area contributed by atoms with Crippen molar-refractivity contribution < 1.29 is 9.59 Å². The Balaban J connectivity index is 2.43. The van der Waals surface area contributed by atoms with E-state index in [4.69, 9.17) is 11.6 Å². The summed E-state index contributed by atoms with van der Waals surface area (Å²) in [6.07, 6.45) is 0. The molecule has 102 valence electrons. The van der Waals surface area contributed by atoms with Crippen molar-refractivity contribution in [2.45, 2.75) is 13.8 Å². The van der Waals surface area contributed by atoms with Crippen LogP contribution >= 0.6 is 11.6 Å². The van der Waals surface area contributed by atoms with Gasteiger partial charge in [-0.25, -0.2) is 0 Å². The van der Waals surface area contributed by atoms with Crippen LogP contribution in [0.4, 0.5) is 5.69 Å². The van der Waals surface area contributed by atoms with Crippen molar-refractivity contribution in [2.24, 2.45) is 0 Å². The highest BCUT2D eigenvalue weighted by Gasteiger charge is 2.14. The Kier molecular flexibility index (Phi) is 4.20. The van der Waals surface area contributed by atoms with Gasteiger partial charge in [0.2, 0.25) is 5.91 Å². The molecule has 0 aliphatic heterocycles. The number of benzene rings is 2. The number of hydrogen-bond donors (Lipinski definition) is 1. The van der Waals surface area contributed by atoms with Gasteiger partial charge in [0, 0.05) is 23.1 Å². The van der Waals surface area contributed by atoms with Crippen molar-refractivity contribution in [3.05, 3.63) is 64.2 Å². The zero-order chi connectivity index (χ0) is 14.7. The molecule has 0 aliphatic rings. The van der Waals surface area contributed by atoms with Crippen LogP contribution in [0.5, 0.6) is 0 Å². The van der Waals surface area contributed by atoms with Gasteiger partial charge in [-0.3, -0.25) is 9.59 Å². The van der Waals surface area contributed by atoms with E-state index in [1.165, 1.54) is 6.92 Å². The fraction of sp³-hybridized carbons (Fsp3) is 0.125. The van der Waals surface area contributed by atoms with Crippen molar-refractivity contribution in [3.8, 4) is 0 Å². The van der Waals surface area contributed by atoms with E-state index in [9.17, 15) is 9.59 Å². The maximum absolute atomic E-state index is 12.5. The first-order valence-electron chi connectivity index (χ1n) is 6.16. The average molecular weight is 288 g/mol. The lowest BCUT2D eigenvalue weighted by Crippen LogP contribution is -2.12. The third-order valence-electron chi connectivity index (χ3n) is 2.84. The van der Waals surface area contributed by atoms with Crippen LogP contribution in [-0.4, -0.2) is 11.7 Å². The van der Waals surface area contributed by atoms with Crippen LogP contribution in [0, 0.1) is 6.92 Å². The summed E-state index contributed by atoms with van der Waals surface area (Å²) in [6, 6.07) is 12.0. The number of carbonyl (C=O) groups excluding carboxylic acids is 2. The van der Waals surface area contributed by atoms with Crippen LogP contribution in [0.1, 0.15) is 28.4 Å². The Hall–Kier alpha value is -2.13. The molecule has 2 rings (SSSR count). The summed E-state index contributed by atoms with van der Waals surface area (Å²) in [5.41, 5.74) is 2.50. The molecule has 3 nitrogen and oxygen atoms in total. The molecule has 1 amide bonds. The molecule has 1 N–H and O–H groups in total. The molecule has 2 aromatic rings. The van der Waals surface area contributed by atoms with E-state index in [1.807, 2.05) is 13.0 Å². The van der Waals surface area contributed by atoms with E-state index in [2.05, 4.69) is 5.32 Å². The van der Waals surface area contributed by atoms with E-state index < -0.39 is 0 Å². The summed E-state index contributed by atoms with van der Waals surface area (Å²) in [6.45, 7) is 3.32. The molecule has 0 fully saturated rings. The maximum atomic E-state index is 12.5. The van der Waals surface area contributed by atoms with Crippen molar-refractivity contribution in [2.75, 3.05) is 5.32 Å². The van der Waals surface area contributed by atoms with Gasteiger partial charge in [-0.2, -0.15) is 0 Å². The fourth-order valence-electron chi connectivity index (χ4n) is 1.91. The van der Waals surface area contributed by atoms with Gasteiger partial charge in [-0.05, 0) is 48.9 Å². The minimum atomic E-state index is -0.208. The van der Waals surface area contributed by atoms with Gasteiger partial charge in [-0.15, -0.1) is 0 Å². The second-order valence-electron chi connectivity index (χ2n) is 4.57. The highest BCUT2D eigenvalue weighted by atomic mass is 35.5. The molecule has 0 radical (unpaired) electrons. The van der Waals surface area contributed by atoms with Crippen molar-refractivity contribution in [3.63, 3.8) is 0 Å². The minimum Gasteiger partial charge on any atom is -0.326 e. The Morgan fingerprint density at radius 1 is 1.05 bits per heavy atom. The number of anilines is 1.